The maximum absolute atomic E-state index is 11.1. The van der Waals surface area contributed by atoms with Gasteiger partial charge in [0.1, 0.15) is 0 Å². The van der Waals surface area contributed by atoms with E-state index < -0.39 is 4.92 Å². The van der Waals surface area contributed by atoms with Crippen LogP contribution >= 0.6 is 0 Å². The Balaban J connectivity index is 2.56. The minimum atomic E-state index is -0.456. The predicted octanol–water partition coefficient (Wildman–Crippen LogP) is 1.79. The number of allylic oxidation sites excluding steroid dienone is 1. The van der Waals surface area contributed by atoms with Crippen LogP contribution in [0.4, 0.5) is 5.69 Å². The molecule has 0 fully saturated rings. The molecule has 0 spiro atoms. The lowest BCUT2D eigenvalue weighted by molar-refractivity contribution is -0.384. The Hall–Kier alpha value is -2.17. The number of carbonyl (C=O) groups excluding carboxylic acids is 1. The first-order valence-corrected chi connectivity index (χ1v) is 4.77. The van der Waals surface area contributed by atoms with E-state index in [2.05, 4.69) is 5.32 Å². The molecule has 0 saturated heterocycles. The van der Waals surface area contributed by atoms with Crippen molar-refractivity contribution in [2.75, 3.05) is 0 Å². The first-order chi connectivity index (χ1) is 7.63. The second kappa shape index (κ2) is 5.65. The van der Waals surface area contributed by atoms with Gasteiger partial charge in [-0.05, 0) is 18.6 Å². The van der Waals surface area contributed by atoms with Gasteiger partial charge in [0, 0.05) is 18.7 Å². The Kier molecular flexibility index (Phi) is 4.20. The molecule has 0 aliphatic heterocycles. The topological polar surface area (TPSA) is 72.2 Å². The summed E-state index contributed by atoms with van der Waals surface area (Å²) in [5.41, 5.74) is 0.868. The van der Waals surface area contributed by atoms with E-state index >= 15 is 0 Å². The van der Waals surface area contributed by atoms with Crippen LogP contribution in [0.2, 0.25) is 0 Å². The third-order valence-electron chi connectivity index (χ3n) is 1.93. The fraction of sp³-hybridized carbons (Fsp3) is 0.182. The first kappa shape index (κ1) is 11.9. The normalized spacial score (nSPS) is 10.3. The van der Waals surface area contributed by atoms with Crippen LogP contribution in [-0.2, 0) is 11.3 Å². The van der Waals surface area contributed by atoms with Crippen LogP contribution in [0.5, 0.6) is 0 Å². The largest absolute Gasteiger partial charge is 0.348 e. The van der Waals surface area contributed by atoms with Crippen LogP contribution in [0.25, 0.3) is 0 Å². The zero-order valence-electron chi connectivity index (χ0n) is 8.84. The Bertz CT molecular complexity index is 410. The van der Waals surface area contributed by atoms with Crippen molar-refractivity contribution >= 4 is 11.6 Å². The summed E-state index contributed by atoms with van der Waals surface area (Å²) in [4.78, 5) is 21.0. The summed E-state index contributed by atoms with van der Waals surface area (Å²) in [5, 5.41) is 13.0. The van der Waals surface area contributed by atoms with Gasteiger partial charge in [0.15, 0.2) is 0 Å². The van der Waals surface area contributed by atoms with Crippen molar-refractivity contribution in [1.82, 2.24) is 5.32 Å². The molecular weight excluding hydrogens is 208 g/mol. The number of hydrogen-bond donors (Lipinski definition) is 1. The maximum atomic E-state index is 11.1. The van der Waals surface area contributed by atoms with Gasteiger partial charge < -0.3 is 5.32 Å². The summed E-state index contributed by atoms with van der Waals surface area (Å²) < 4.78 is 0. The number of nitro groups is 1. The zero-order valence-corrected chi connectivity index (χ0v) is 8.84. The molecule has 5 heteroatoms. The Morgan fingerprint density at radius 2 is 2.06 bits per heavy atom. The highest BCUT2D eigenvalue weighted by atomic mass is 16.6. The van der Waals surface area contributed by atoms with E-state index in [9.17, 15) is 14.9 Å². The van der Waals surface area contributed by atoms with Crippen molar-refractivity contribution in [3.63, 3.8) is 0 Å². The van der Waals surface area contributed by atoms with Crippen molar-refractivity contribution < 1.29 is 9.72 Å². The molecule has 0 heterocycles. The van der Waals surface area contributed by atoms with E-state index in [-0.39, 0.29) is 11.6 Å². The maximum Gasteiger partial charge on any atom is 0.269 e. The molecule has 5 nitrogen and oxygen atoms in total. The Labute approximate surface area is 92.9 Å². The second-order valence-corrected chi connectivity index (χ2v) is 3.14. The number of rotatable bonds is 4. The summed E-state index contributed by atoms with van der Waals surface area (Å²) in [6, 6.07) is 6.07. The molecule has 0 aliphatic carbocycles. The number of nitro benzene ring substituents is 1. The number of hydrogen-bond acceptors (Lipinski definition) is 3. The van der Waals surface area contributed by atoms with Gasteiger partial charge in [-0.15, -0.1) is 0 Å². The third kappa shape index (κ3) is 3.53. The van der Waals surface area contributed by atoms with Gasteiger partial charge in [0.2, 0.25) is 5.91 Å². The van der Waals surface area contributed by atoms with Gasteiger partial charge in [-0.3, -0.25) is 14.9 Å². The lowest BCUT2D eigenvalue weighted by Crippen LogP contribution is -2.20. The van der Waals surface area contributed by atoms with Crippen LogP contribution in [-0.4, -0.2) is 10.8 Å². The second-order valence-electron chi connectivity index (χ2n) is 3.14. The van der Waals surface area contributed by atoms with Crippen molar-refractivity contribution in [3.05, 3.63) is 52.1 Å². The molecule has 16 heavy (non-hydrogen) atoms. The van der Waals surface area contributed by atoms with E-state index in [1.165, 1.54) is 18.2 Å². The molecule has 0 bridgehead atoms. The molecular formula is C11H12N2O3. The van der Waals surface area contributed by atoms with Gasteiger partial charge >= 0.3 is 0 Å². The number of nitrogens with zero attached hydrogens (tertiary/aromatic N) is 1. The molecule has 1 aromatic rings. The van der Waals surface area contributed by atoms with Crippen molar-refractivity contribution in [2.24, 2.45) is 0 Å². The molecule has 0 aromatic heterocycles. The van der Waals surface area contributed by atoms with Crippen LogP contribution in [0.15, 0.2) is 36.4 Å². The van der Waals surface area contributed by atoms with E-state index in [0.29, 0.717) is 6.54 Å². The van der Waals surface area contributed by atoms with Gasteiger partial charge in [-0.25, -0.2) is 0 Å². The van der Waals surface area contributed by atoms with E-state index in [1.807, 2.05) is 0 Å². The van der Waals surface area contributed by atoms with Crippen molar-refractivity contribution in [2.45, 2.75) is 13.5 Å². The Morgan fingerprint density at radius 1 is 1.44 bits per heavy atom. The zero-order chi connectivity index (χ0) is 12.0. The predicted molar refractivity (Wildman–Crippen MR) is 59.8 cm³/mol. The van der Waals surface area contributed by atoms with E-state index in [0.717, 1.165) is 5.56 Å². The summed E-state index contributed by atoms with van der Waals surface area (Å²) in [6.07, 6.45) is 3.07. The molecule has 0 saturated carbocycles. The Morgan fingerprint density at radius 3 is 2.56 bits per heavy atom. The molecule has 1 N–H and O–H groups in total. The fourth-order valence-electron chi connectivity index (χ4n) is 1.13. The van der Waals surface area contributed by atoms with Crippen LogP contribution < -0.4 is 5.32 Å². The first-order valence-electron chi connectivity index (χ1n) is 4.77. The molecule has 1 rings (SSSR count). The van der Waals surface area contributed by atoms with Gasteiger partial charge in [-0.1, -0.05) is 18.2 Å². The molecule has 1 aromatic carbocycles. The molecule has 0 radical (unpaired) electrons. The lowest BCUT2D eigenvalue weighted by Gasteiger charge is -2.01. The van der Waals surface area contributed by atoms with E-state index in [1.54, 1.807) is 25.1 Å². The number of carbonyl (C=O) groups is 1. The van der Waals surface area contributed by atoms with Crippen LogP contribution in [0.1, 0.15) is 12.5 Å². The molecule has 0 unspecified atom stereocenters. The summed E-state index contributed by atoms with van der Waals surface area (Å²) in [7, 11) is 0. The third-order valence-corrected chi connectivity index (χ3v) is 1.93. The van der Waals surface area contributed by atoms with Crippen molar-refractivity contribution in [1.29, 1.82) is 0 Å². The number of nitrogens with one attached hydrogen (secondary N) is 1. The number of benzene rings is 1. The molecule has 1 amide bonds. The lowest BCUT2D eigenvalue weighted by atomic mass is 10.2. The molecule has 0 atom stereocenters. The smallest absolute Gasteiger partial charge is 0.269 e. The van der Waals surface area contributed by atoms with Crippen LogP contribution in [0, 0.1) is 10.1 Å². The quantitative estimate of drug-likeness (QED) is 0.477. The minimum Gasteiger partial charge on any atom is -0.348 e. The SMILES string of the molecule is C/C=C/C(=O)NCc1ccc([N+](=O)[O-])cc1. The fourth-order valence-corrected chi connectivity index (χ4v) is 1.13. The standard InChI is InChI=1S/C11H12N2O3/c1-2-3-11(14)12-8-9-4-6-10(7-5-9)13(15)16/h2-7H,8H2,1H3,(H,12,14)/b3-2+. The van der Waals surface area contributed by atoms with Crippen LogP contribution in [0.3, 0.4) is 0 Å². The summed E-state index contributed by atoms with van der Waals surface area (Å²) in [6.45, 7) is 2.12. The average Bonchev–Trinajstić information content (AvgIpc) is 2.27. The molecule has 84 valence electrons. The van der Waals surface area contributed by atoms with Gasteiger partial charge in [0.25, 0.3) is 5.69 Å². The van der Waals surface area contributed by atoms with Gasteiger partial charge in [0.05, 0.1) is 4.92 Å². The average molecular weight is 220 g/mol. The highest BCUT2D eigenvalue weighted by molar-refractivity contribution is 5.87. The highest BCUT2D eigenvalue weighted by Crippen LogP contribution is 2.11. The molecule has 0 aliphatic rings. The summed E-state index contributed by atoms with van der Waals surface area (Å²) >= 11 is 0. The monoisotopic (exact) mass is 220 g/mol. The highest BCUT2D eigenvalue weighted by Gasteiger charge is 2.03. The summed E-state index contributed by atoms with van der Waals surface area (Å²) in [5.74, 6) is -0.180. The van der Waals surface area contributed by atoms with E-state index in [4.69, 9.17) is 0 Å². The minimum absolute atomic E-state index is 0.0449. The number of amides is 1. The number of non-ortho nitro benzene ring substituents is 1. The van der Waals surface area contributed by atoms with Crippen molar-refractivity contribution in [3.8, 4) is 0 Å². The van der Waals surface area contributed by atoms with Gasteiger partial charge in [-0.2, -0.15) is 0 Å².